The van der Waals surface area contributed by atoms with Crippen molar-refractivity contribution in [3.63, 3.8) is 0 Å². The van der Waals surface area contributed by atoms with Gasteiger partial charge in [0.15, 0.2) is 0 Å². The number of para-hydroxylation sites is 2. The normalized spacial score (nSPS) is 9.96. The summed E-state index contributed by atoms with van der Waals surface area (Å²) in [6.07, 6.45) is 0.00984. The number of carbonyl (C=O) groups excluding carboxylic acids is 2. The molecule has 0 aliphatic rings. The van der Waals surface area contributed by atoms with E-state index in [1.165, 1.54) is 12.1 Å². The van der Waals surface area contributed by atoms with Gasteiger partial charge in [-0.25, -0.2) is 10.5 Å². The number of benzene rings is 2. The number of imidazole rings is 1. The fourth-order valence-corrected chi connectivity index (χ4v) is 2.18. The number of carbonyl (C=O) groups is 2. The number of anilines is 1. The first kappa shape index (κ1) is 16.2. The minimum absolute atomic E-state index is 0.00984. The molecular weight excluding hydrogens is 320 g/mol. The lowest BCUT2D eigenvalue weighted by Gasteiger charge is -1.98. The van der Waals surface area contributed by atoms with E-state index in [2.05, 4.69) is 27.1 Å². The lowest BCUT2D eigenvalue weighted by atomic mass is 10.1. The number of amides is 2. The van der Waals surface area contributed by atoms with Crippen LogP contribution in [0.1, 0.15) is 22.3 Å². The molecular formula is C18H14N4O3. The van der Waals surface area contributed by atoms with Crippen molar-refractivity contribution in [3.8, 4) is 11.8 Å². The summed E-state index contributed by atoms with van der Waals surface area (Å²) in [6, 6.07) is 13.8. The number of hydrogen-bond donors (Lipinski definition) is 4. The molecule has 3 aromatic rings. The fourth-order valence-electron chi connectivity index (χ4n) is 2.18. The van der Waals surface area contributed by atoms with Crippen molar-refractivity contribution in [2.75, 3.05) is 5.32 Å². The summed E-state index contributed by atoms with van der Waals surface area (Å²) in [5.74, 6) is 5.11. The van der Waals surface area contributed by atoms with Crippen LogP contribution >= 0.6 is 0 Å². The molecule has 2 amide bonds. The molecule has 25 heavy (non-hydrogen) atoms. The average Bonchev–Trinajstić information content (AvgIpc) is 3.03. The molecule has 124 valence electrons. The van der Waals surface area contributed by atoms with Gasteiger partial charge in [-0.15, -0.1) is 0 Å². The summed E-state index contributed by atoms with van der Waals surface area (Å²) >= 11 is 0. The fraction of sp³-hybridized carbons (Fsp3) is 0.0556. The van der Waals surface area contributed by atoms with Gasteiger partial charge in [0, 0.05) is 11.1 Å². The molecule has 0 atom stereocenters. The van der Waals surface area contributed by atoms with Gasteiger partial charge in [-0.3, -0.25) is 20.1 Å². The average molecular weight is 334 g/mol. The van der Waals surface area contributed by atoms with E-state index in [-0.39, 0.29) is 12.3 Å². The standard InChI is InChI=1S/C18H14N4O3/c23-16(21-18-19-14-5-1-2-6-15(14)20-18)7-3-4-12-8-10-13(11-9-12)17(24)22-25/h1-2,5-6,8-11,25H,7H2,(H,22,24)(H2,19,20,21,23). The van der Waals surface area contributed by atoms with E-state index in [9.17, 15) is 9.59 Å². The lowest BCUT2D eigenvalue weighted by molar-refractivity contribution is -0.115. The monoisotopic (exact) mass is 334 g/mol. The third-order valence-corrected chi connectivity index (χ3v) is 3.38. The molecule has 0 radical (unpaired) electrons. The highest BCUT2D eigenvalue weighted by Crippen LogP contribution is 2.13. The number of rotatable bonds is 3. The first-order valence-corrected chi connectivity index (χ1v) is 7.43. The van der Waals surface area contributed by atoms with Gasteiger partial charge in [0.1, 0.15) is 0 Å². The predicted molar refractivity (Wildman–Crippen MR) is 91.9 cm³/mol. The Kier molecular flexibility index (Phi) is 4.74. The molecule has 0 aliphatic heterocycles. The smallest absolute Gasteiger partial charge is 0.274 e. The van der Waals surface area contributed by atoms with Crippen molar-refractivity contribution in [3.05, 3.63) is 59.7 Å². The second-order valence-corrected chi connectivity index (χ2v) is 5.15. The molecule has 0 saturated heterocycles. The Balaban J connectivity index is 1.59. The van der Waals surface area contributed by atoms with Crippen LogP contribution < -0.4 is 10.8 Å². The summed E-state index contributed by atoms with van der Waals surface area (Å²) in [5.41, 5.74) is 4.15. The first-order valence-electron chi connectivity index (χ1n) is 7.43. The molecule has 0 bridgehead atoms. The highest BCUT2D eigenvalue weighted by atomic mass is 16.5. The zero-order valence-electron chi connectivity index (χ0n) is 13.0. The van der Waals surface area contributed by atoms with Gasteiger partial charge in [-0.2, -0.15) is 0 Å². The van der Waals surface area contributed by atoms with Crippen LogP contribution in [-0.2, 0) is 4.79 Å². The van der Waals surface area contributed by atoms with E-state index in [4.69, 9.17) is 5.21 Å². The molecule has 0 fully saturated rings. The molecule has 2 aromatic carbocycles. The number of hydrogen-bond acceptors (Lipinski definition) is 4. The SMILES string of the molecule is O=C(CC#Cc1ccc(C(=O)NO)cc1)Nc1nc2ccccc2[nH]1. The Morgan fingerprint density at radius 2 is 1.88 bits per heavy atom. The van der Waals surface area contributed by atoms with E-state index >= 15 is 0 Å². The molecule has 0 saturated carbocycles. The summed E-state index contributed by atoms with van der Waals surface area (Å²) in [5, 5.41) is 11.2. The van der Waals surface area contributed by atoms with Crippen LogP contribution in [0.3, 0.4) is 0 Å². The largest absolute Gasteiger partial charge is 0.324 e. The Morgan fingerprint density at radius 1 is 1.12 bits per heavy atom. The summed E-state index contributed by atoms with van der Waals surface area (Å²) in [4.78, 5) is 30.4. The third kappa shape index (κ3) is 4.02. The molecule has 0 spiro atoms. The topological polar surface area (TPSA) is 107 Å². The van der Waals surface area contributed by atoms with Gasteiger partial charge in [0.25, 0.3) is 5.91 Å². The van der Waals surface area contributed by atoms with E-state index < -0.39 is 5.91 Å². The number of aromatic amines is 1. The van der Waals surface area contributed by atoms with Gasteiger partial charge >= 0.3 is 0 Å². The van der Waals surface area contributed by atoms with Gasteiger partial charge in [-0.1, -0.05) is 24.0 Å². The van der Waals surface area contributed by atoms with Gasteiger partial charge in [0.2, 0.25) is 11.9 Å². The molecule has 7 nitrogen and oxygen atoms in total. The number of hydroxylamine groups is 1. The predicted octanol–water partition coefficient (Wildman–Crippen LogP) is 2.06. The number of aromatic nitrogens is 2. The second kappa shape index (κ2) is 7.29. The molecule has 1 heterocycles. The van der Waals surface area contributed by atoms with Crippen molar-refractivity contribution >= 4 is 28.8 Å². The van der Waals surface area contributed by atoms with Crippen LogP contribution in [0.2, 0.25) is 0 Å². The van der Waals surface area contributed by atoms with Crippen LogP contribution in [-0.4, -0.2) is 27.0 Å². The van der Waals surface area contributed by atoms with Gasteiger partial charge in [-0.05, 0) is 36.4 Å². The van der Waals surface area contributed by atoms with Crippen molar-refractivity contribution in [2.24, 2.45) is 0 Å². The van der Waals surface area contributed by atoms with Crippen molar-refractivity contribution in [1.82, 2.24) is 15.4 Å². The minimum Gasteiger partial charge on any atom is -0.324 e. The zero-order chi connectivity index (χ0) is 17.6. The number of nitrogens with zero attached hydrogens (tertiary/aromatic N) is 1. The number of nitrogens with one attached hydrogen (secondary N) is 3. The Bertz CT molecular complexity index is 948. The Hall–Kier alpha value is -3.63. The highest BCUT2D eigenvalue weighted by Gasteiger charge is 2.05. The Morgan fingerprint density at radius 3 is 2.60 bits per heavy atom. The second-order valence-electron chi connectivity index (χ2n) is 5.15. The third-order valence-electron chi connectivity index (χ3n) is 3.38. The van der Waals surface area contributed by atoms with E-state index in [0.29, 0.717) is 17.1 Å². The van der Waals surface area contributed by atoms with Crippen LogP contribution in [0.5, 0.6) is 0 Å². The molecule has 0 unspecified atom stereocenters. The number of fused-ring (bicyclic) bond motifs is 1. The maximum atomic E-state index is 11.9. The molecule has 7 heteroatoms. The molecule has 0 aliphatic carbocycles. The van der Waals surface area contributed by atoms with E-state index in [1.54, 1.807) is 17.6 Å². The van der Waals surface area contributed by atoms with Gasteiger partial charge in [0.05, 0.1) is 17.5 Å². The maximum absolute atomic E-state index is 11.9. The summed E-state index contributed by atoms with van der Waals surface area (Å²) < 4.78 is 0. The van der Waals surface area contributed by atoms with Crippen LogP contribution in [0.4, 0.5) is 5.95 Å². The van der Waals surface area contributed by atoms with Crippen LogP contribution in [0.15, 0.2) is 48.5 Å². The zero-order valence-corrected chi connectivity index (χ0v) is 13.0. The van der Waals surface area contributed by atoms with Crippen molar-refractivity contribution in [2.45, 2.75) is 6.42 Å². The van der Waals surface area contributed by atoms with Crippen LogP contribution in [0.25, 0.3) is 11.0 Å². The molecule has 4 N–H and O–H groups in total. The van der Waals surface area contributed by atoms with E-state index in [0.717, 1.165) is 11.0 Å². The van der Waals surface area contributed by atoms with Crippen molar-refractivity contribution < 1.29 is 14.8 Å². The lowest BCUT2D eigenvalue weighted by Crippen LogP contribution is -2.18. The maximum Gasteiger partial charge on any atom is 0.274 e. The molecule has 3 rings (SSSR count). The number of H-pyrrole nitrogens is 1. The van der Waals surface area contributed by atoms with Crippen molar-refractivity contribution in [1.29, 1.82) is 0 Å². The first-order chi connectivity index (χ1) is 12.2. The summed E-state index contributed by atoms with van der Waals surface area (Å²) in [6.45, 7) is 0. The quantitative estimate of drug-likeness (QED) is 0.334. The minimum atomic E-state index is -0.593. The van der Waals surface area contributed by atoms with Crippen LogP contribution in [0, 0.1) is 11.8 Å². The molecule has 1 aromatic heterocycles. The Labute approximate surface area is 143 Å². The highest BCUT2D eigenvalue weighted by molar-refractivity contribution is 5.93. The summed E-state index contributed by atoms with van der Waals surface area (Å²) in [7, 11) is 0. The van der Waals surface area contributed by atoms with Gasteiger partial charge < -0.3 is 4.98 Å². The van der Waals surface area contributed by atoms with E-state index in [1.807, 2.05) is 24.3 Å².